The Morgan fingerprint density at radius 3 is 2.38 bits per heavy atom. The fraction of sp³-hybridized carbons (Fsp3) is 0.233. The number of halogens is 1. The number of amides is 2. The fourth-order valence-corrected chi connectivity index (χ4v) is 4.33. The van der Waals surface area contributed by atoms with Crippen molar-refractivity contribution in [1.29, 1.82) is 0 Å². The van der Waals surface area contributed by atoms with E-state index >= 15 is 0 Å². The Hall–Kier alpha value is -4.66. The van der Waals surface area contributed by atoms with Crippen LogP contribution in [0.15, 0.2) is 79.0 Å². The number of fused-ring (bicyclic) bond motifs is 1. The fourth-order valence-electron chi connectivity index (χ4n) is 4.33. The third-order valence-electron chi connectivity index (χ3n) is 6.25. The van der Waals surface area contributed by atoms with Crippen molar-refractivity contribution in [2.75, 3.05) is 18.4 Å². The van der Waals surface area contributed by atoms with Crippen LogP contribution < -0.4 is 10.1 Å². The van der Waals surface area contributed by atoms with Gasteiger partial charge in [0, 0.05) is 43.7 Å². The number of esters is 1. The molecule has 8 nitrogen and oxygen atoms in total. The molecule has 0 saturated heterocycles. The van der Waals surface area contributed by atoms with Gasteiger partial charge in [0.05, 0.1) is 11.2 Å². The number of nitrogens with zero attached hydrogens (tertiary/aromatic N) is 2. The molecule has 0 fully saturated rings. The van der Waals surface area contributed by atoms with E-state index in [9.17, 15) is 18.8 Å². The minimum atomic E-state index is -1.22. The summed E-state index contributed by atoms with van der Waals surface area (Å²) in [5.41, 5.74) is 2.22. The van der Waals surface area contributed by atoms with Crippen LogP contribution >= 0.6 is 0 Å². The van der Waals surface area contributed by atoms with Crippen LogP contribution in [0.25, 0.3) is 10.9 Å². The van der Waals surface area contributed by atoms with Crippen LogP contribution in [0.3, 0.4) is 0 Å². The first-order valence-corrected chi connectivity index (χ1v) is 12.7. The third-order valence-corrected chi connectivity index (χ3v) is 6.25. The number of carbonyl (C=O) groups excluding carboxylic acids is 3. The molecule has 3 aromatic carbocycles. The molecular weight excluding hydrogens is 501 g/mol. The van der Waals surface area contributed by atoms with Crippen molar-refractivity contribution in [3.63, 3.8) is 0 Å². The molecule has 0 spiro atoms. The van der Waals surface area contributed by atoms with E-state index < -0.39 is 24.1 Å². The van der Waals surface area contributed by atoms with Crippen molar-refractivity contribution in [3.05, 3.63) is 95.9 Å². The number of hydrogen-bond acceptors (Lipinski definition) is 5. The lowest BCUT2D eigenvalue weighted by atomic mass is 10.1. The van der Waals surface area contributed by atoms with Gasteiger partial charge in [-0.3, -0.25) is 9.59 Å². The zero-order valence-electron chi connectivity index (χ0n) is 22.0. The smallest absolute Gasteiger partial charge is 0.415 e. The van der Waals surface area contributed by atoms with E-state index in [4.69, 9.17) is 9.47 Å². The maximum Gasteiger partial charge on any atom is 0.415 e. The summed E-state index contributed by atoms with van der Waals surface area (Å²) in [6.45, 7) is 6.19. The molecule has 0 aliphatic rings. The van der Waals surface area contributed by atoms with Crippen LogP contribution in [0.1, 0.15) is 38.0 Å². The summed E-state index contributed by atoms with van der Waals surface area (Å²) in [5, 5.41) is 3.44. The van der Waals surface area contributed by atoms with Gasteiger partial charge < -0.3 is 24.3 Å². The van der Waals surface area contributed by atoms with E-state index in [-0.39, 0.29) is 17.3 Å². The first kappa shape index (κ1) is 27.4. The Morgan fingerprint density at radius 2 is 1.72 bits per heavy atom. The number of hydrogen-bond donors (Lipinski definition) is 1. The molecule has 2 amide bonds. The quantitative estimate of drug-likeness (QED) is 0.271. The first-order chi connectivity index (χ1) is 18.8. The number of aromatic nitrogens is 1. The van der Waals surface area contributed by atoms with Crippen LogP contribution in [-0.2, 0) is 20.9 Å². The summed E-state index contributed by atoms with van der Waals surface area (Å²) in [6, 6.07) is 20.1. The second kappa shape index (κ2) is 12.3. The van der Waals surface area contributed by atoms with Crippen LogP contribution in [-0.4, -0.2) is 40.5 Å². The molecule has 1 heterocycles. The van der Waals surface area contributed by atoms with Crippen LogP contribution in [0.5, 0.6) is 5.75 Å². The number of nitrogens with one attached hydrogen (secondary N) is 1. The highest BCUT2D eigenvalue weighted by Gasteiger charge is 2.27. The number of rotatable bonds is 9. The second-order valence-electron chi connectivity index (χ2n) is 8.87. The lowest BCUT2D eigenvalue weighted by Gasteiger charge is -2.21. The zero-order valence-corrected chi connectivity index (χ0v) is 22.0. The van der Waals surface area contributed by atoms with Crippen LogP contribution in [0.2, 0.25) is 0 Å². The monoisotopic (exact) mass is 531 g/mol. The Labute approximate surface area is 225 Å². The Kier molecular flexibility index (Phi) is 8.60. The molecule has 0 saturated carbocycles. The molecule has 39 heavy (non-hydrogen) atoms. The molecule has 0 aliphatic heterocycles. The van der Waals surface area contributed by atoms with Gasteiger partial charge in [-0.05, 0) is 49.7 Å². The Morgan fingerprint density at radius 1 is 0.974 bits per heavy atom. The highest BCUT2D eigenvalue weighted by molar-refractivity contribution is 6.06. The Bertz CT molecular complexity index is 1480. The number of benzene rings is 3. The molecule has 1 N–H and O–H groups in total. The number of anilines is 1. The van der Waals surface area contributed by atoms with E-state index in [0.717, 1.165) is 11.1 Å². The molecule has 0 radical (unpaired) electrons. The largest absolute Gasteiger partial charge is 0.447 e. The first-order valence-electron chi connectivity index (χ1n) is 12.7. The molecule has 9 heteroatoms. The van der Waals surface area contributed by atoms with Gasteiger partial charge >= 0.3 is 12.1 Å². The van der Waals surface area contributed by atoms with Crippen molar-refractivity contribution in [2.45, 2.75) is 33.4 Å². The minimum Gasteiger partial charge on any atom is -0.447 e. The van der Waals surface area contributed by atoms with Crippen LogP contribution in [0.4, 0.5) is 14.9 Å². The maximum absolute atomic E-state index is 13.8. The predicted octanol–water partition coefficient (Wildman–Crippen LogP) is 5.91. The molecule has 4 rings (SSSR count). The third kappa shape index (κ3) is 6.43. The molecule has 1 aromatic heterocycles. The van der Waals surface area contributed by atoms with E-state index in [0.29, 0.717) is 30.6 Å². The molecule has 4 aromatic rings. The predicted molar refractivity (Wildman–Crippen MR) is 146 cm³/mol. The standard InChI is InChI=1S/C30H30FN3O5/c1-4-33(5-2)30(37)39-26-15-14-25-24(16-17-34(25)19-21-10-9-13-23(31)18-21)27(26)32-29(36)28(38-20(3)35)22-11-7-6-8-12-22/h6-18,28H,4-5,19H2,1-3H3,(H,32,36). The number of carbonyl (C=O) groups is 3. The maximum atomic E-state index is 13.8. The SMILES string of the molecule is CCN(CC)C(=O)Oc1ccc2c(ccn2Cc2cccc(F)c2)c1NC(=O)C(OC(C)=O)c1ccccc1. The molecule has 202 valence electrons. The van der Waals surface area contributed by atoms with Crippen molar-refractivity contribution in [1.82, 2.24) is 9.47 Å². The van der Waals surface area contributed by atoms with Crippen molar-refractivity contribution >= 4 is 34.6 Å². The summed E-state index contributed by atoms with van der Waals surface area (Å²) in [5.74, 6) is -1.42. The summed E-state index contributed by atoms with van der Waals surface area (Å²) in [4.78, 5) is 39.7. The van der Waals surface area contributed by atoms with Gasteiger partial charge in [-0.25, -0.2) is 9.18 Å². The van der Waals surface area contributed by atoms with E-state index in [1.54, 1.807) is 54.6 Å². The van der Waals surface area contributed by atoms with Crippen molar-refractivity contribution in [2.24, 2.45) is 0 Å². The lowest BCUT2D eigenvalue weighted by Crippen LogP contribution is -2.33. The van der Waals surface area contributed by atoms with E-state index in [2.05, 4.69) is 5.32 Å². The summed E-state index contributed by atoms with van der Waals surface area (Å²) in [6.07, 6.45) is 0.0235. The van der Waals surface area contributed by atoms with E-state index in [1.165, 1.54) is 24.0 Å². The Balaban J connectivity index is 1.75. The molecular formula is C30H30FN3O5. The molecule has 0 aliphatic carbocycles. The second-order valence-corrected chi connectivity index (χ2v) is 8.87. The van der Waals surface area contributed by atoms with Crippen LogP contribution in [0, 0.1) is 5.82 Å². The molecule has 1 atom stereocenters. The summed E-state index contributed by atoms with van der Waals surface area (Å²) >= 11 is 0. The molecule has 0 bridgehead atoms. The highest BCUT2D eigenvalue weighted by atomic mass is 19.1. The van der Waals surface area contributed by atoms with Gasteiger partial charge in [0.25, 0.3) is 5.91 Å². The van der Waals surface area contributed by atoms with Crippen molar-refractivity contribution in [3.8, 4) is 5.75 Å². The minimum absolute atomic E-state index is 0.144. The molecule has 1 unspecified atom stereocenters. The lowest BCUT2D eigenvalue weighted by molar-refractivity contribution is -0.152. The van der Waals surface area contributed by atoms with Gasteiger partial charge in [0.15, 0.2) is 5.75 Å². The highest BCUT2D eigenvalue weighted by Crippen LogP contribution is 2.36. The normalized spacial score (nSPS) is 11.6. The average Bonchev–Trinajstić information content (AvgIpc) is 3.32. The van der Waals surface area contributed by atoms with Gasteiger partial charge in [-0.1, -0.05) is 42.5 Å². The summed E-state index contributed by atoms with van der Waals surface area (Å²) in [7, 11) is 0. The van der Waals surface area contributed by atoms with Gasteiger partial charge in [-0.2, -0.15) is 0 Å². The van der Waals surface area contributed by atoms with Gasteiger partial charge in [0.2, 0.25) is 6.10 Å². The van der Waals surface area contributed by atoms with Gasteiger partial charge in [-0.15, -0.1) is 0 Å². The van der Waals surface area contributed by atoms with Gasteiger partial charge in [0.1, 0.15) is 5.82 Å². The zero-order chi connectivity index (χ0) is 27.9. The van der Waals surface area contributed by atoms with Crippen molar-refractivity contribution < 1.29 is 28.2 Å². The topological polar surface area (TPSA) is 89.9 Å². The van der Waals surface area contributed by atoms with E-state index in [1.807, 2.05) is 30.7 Å². The average molecular weight is 532 g/mol. The number of ether oxygens (including phenoxy) is 2. The summed E-state index contributed by atoms with van der Waals surface area (Å²) < 4.78 is 26.8.